The molecule has 3 aliphatic rings. The second-order valence-corrected chi connectivity index (χ2v) is 9.32. The van der Waals surface area contributed by atoms with Gasteiger partial charge in [0.2, 0.25) is 5.91 Å². The molecule has 0 bridgehead atoms. The number of aliphatic carboxylic acids is 1. The molecule has 0 spiro atoms. The van der Waals surface area contributed by atoms with E-state index in [0.717, 1.165) is 18.7 Å². The summed E-state index contributed by atoms with van der Waals surface area (Å²) in [6.45, 7) is 2.39. The lowest BCUT2D eigenvalue weighted by atomic mass is 10.0. The fourth-order valence-corrected chi connectivity index (χ4v) is 5.36. The number of nitrogens with one attached hydrogen (secondary N) is 1. The van der Waals surface area contributed by atoms with E-state index < -0.39 is 29.4 Å². The number of hydrogen-bond donors (Lipinski definition) is 2. The lowest BCUT2D eigenvalue weighted by Crippen LogP contribution is -2.70. The number of ether oxygens (including phenoxy) is 1. The van der Waals surface area contributed by atoms with Crippen molar-refractivity contribution >= 4 is 35.6 Å². The Balaban J connectivity index is 1.37. The van der Waals surface area contributed by atoms with Gasteiger partial charge in [-0.3, -0.25) is 14.5 Å². The van der Waals surface area contributed by atoms with Gasteiger partial charge in [-0.05, 0) is 12.6 Å². The lowest BCUT2D eigenvalue weighted by Gasteiger charge is -2.49. The van der Waals surface area contributed by atoms with Gasteiger partial charge in [0, 0.05) is 37.5 Å². The monoisotopic (exact) mass is 474 g/mol. The first-order valence-electron chi connectivity index (χ1n) is 10.7. The average Bonchev–Trinajstić information content (AvgIpc) is 2.81. The van der Waals surface area contributed by atoms with Crippen LogP contribution in [0.4, 0.5) is 4.79 Å². The molecule has 3 amide bonds. The van der Waals surface area contributed by atoms with Crippen molar-refractivity contribution in [1.82, 2.24) is 20.0 Å². The number of carbonyl (C=O) groups is 4. The first-order valence-corrected chi connectivity index (χ1v) is 11.7. The molecule has 10 nitrogen and oxygen atoms in total. The highest BCUT2D eigenvalue weighted by molar-refractivity contribution is 8.00. The van der Waals surface area contributed by atoms with Crippen molar-refractivity contribution in [3.8, 4) is 0 Å². The largest absolute Gasteiger partial charge is 0.477 e. The third kappa shape index (κ3) is 4.98. The summed E-state index contributed by atoms with van der Waals surface area (Å²) in [4.78, 5) is 54.3. The van der Waals surface area contributed by atoms with Crippen molar-refractivity contribution in [2.45, 2.75) is 17.8 Å². The predicted octanol–water partition coefficient (Wildman–Crippen LogP) is 0.352. The van der Waals surface area contributed by atoms with Gasteiger partial charge >= 0.3 is 12.1 Å². The molecule has 2 fully saturated rings. The number of benzene rings is 1. The molecule has 3 aliphatic heterocycles. The van der Waals surface area contributed by atoms with Gasteiger partial charge in [0.25, 0.3) is 5.91 Å². The smallest absolute Gasteiger partial charge is 0.410 e. The SMILES string of the molecule is CN1CCN(C(=O)OCC2=C(C(=O)O)N3C(=O)C(NC(=O)Cc4ccccc4)[C@@H]3SC2)CC1. The molecular weight excluding hydrogens is 448 g/mol. The minimum absolute atomic E-state index is 0.136. The maximum Gasteiger partial charge on any atom is 0.410 e. The zero-order chi connectivity index (χ0) is 23.5. The number of amides is 3. The van der Waals surface area contributed by atoms with Crippen LogP contribution in [0, 0.1) is 0 Å². The molecule has 0 aromatic heterocycles. The molecule has 2 saturated heterocycles. The Hall–Kier alpha value is -3.05. The zero-order valence-electron chi connectivity index (χ0n) is 18.2. The Labute approximate surface area is 195 Å². The van der Waals surface area contributed by atoms with Gasteiger partial charge in [0.05, 0.1) is 6.42 Å². The summed E-state index contributed by atoms with van der Waals surface area (Å²) in [5, 5.41) is 12.0. The average molecular weight is 475 g/mol. The molecular formula is C22H26N4O6S. The fraction of sp³-hybridized carbons (Fsp3) is 0.455. The highest BCUT2D eigenvalue weighted by Crippen LogP contribution is 2.40. The number of piperazine rings is 1. The third-order valence-electron chi connectivity index (χ3n) is 5.91. The van der Waals surface area contributed by atoms with Crippen molar-refractivity contribution in [3.05, 3.63) is 47.2 Å². The van der Waals surface area contributed by atoms with E-state index in [1.807, 2.05) is 37.4 Å². The molecule has 176 valence electrons. The highest BCUT2D eigenvalue weighted by Gasteiger charge is 2.54. The zero-order valence-corrected chi connectivity index (χ0v) is 19.0. The summed E-state index contributed by atoms with van der Waals surface area (Å²) in [7, 11) is 1.98. The van der Waals surface area contributed by atoms with Crippen LogP contribution in [0.5, 0.6) is 0 Å². The minimum atomic E-state index is -1.26. The van der Waals surface area contributed by atoms with E-state index in [1.165, 1.54) is 16.7 Å². The number of nitrogens with zero attached hydrogens (tertiary/aromatic N) is 3. The number of thioether (sulfide) groups is 1. The first-order chi connectivity index (χ1) is 15.8. The number of rotatable bonds is 6. The van der Waals surface area contributed by atoms with Crippen LogP contribution in [0.15, 0.2) is 41.6 Å². The Morgan fingerprint density at radius 1 is 1.15 bits per heavy atom. The summed E-state index contributed by atoms with van der Waals surface area (Å²) in [6, 6.07) is 8.38. The number of carboxylic acid groups (broad SMARTS) is 1. The van der Waals surface area contributed by atoms with Crippen molar-refractivity contribution in [2.24, 2.45) is 0 Å². The number of fused-ring (bicyclic) bond motifs is 1. The normalized spacial score (nSPS) is 23.0. The maximum absolute atomic E-state index is 12.7. The number of β-lactam (4-membered cyclic amide) rings is 1. The van der Waals surface area contributed by atoms with Gasteiger partial charge in [0.15, 0.2) is 0 Å². The van der Waals surface area contributed by atoms with E-state index in [9.17, 15) is 24.3 Å². The predicted molar refractivity (Wildman–Crippen MR) is 120 cm³/mol. The number of likely N-dealkylation sites (N-methyl/N-ethyl adjacent to an activating group) is 1. The quantitative estimate of drug-likeness (QED) is 0.567. The Morgan fingerprint density at radius 3 is 2.52 bits per heavy atom. The van der Waals surface area contributed by atoms with E-state index in [-0.39, 0.29) is 30.4 Å². The molecule has 1 aromatic rings. The van der Waals surface area contributed by atoms with Gasteiger partial charge in [-0.2, -0.15) is 0 Å². The topological polar surface area (TPSA) is 119 Å². The van der Waals surface area contributed by atoms with Crippen LogP contribution in [0.1, 0.15) is 5.56 Å². The lowest BCUT2D eigenvalue weighted by molar-refractivity contribution is -0.150. The Kier molecular flexibility index (Phi) is 6.89. The summed E-state index contributed by atoms with van der Waals surface area (Å²) < 4.78 is 5.36. The van der Waals surface area contributed by atoms with Gasteiger partial charge in [-0.15, -0.1) is 11.8 Å². The molecule has 2 N–H and O–H groups in total. The summed E-state index contributed by atoms with van der Waals surface area (Å²) in [5.41, 5.74) is 1.03. The minimum Gasteiger partial charge on any atom is -0.477 e. The van der Waals surface area contributed by atoms with Crippen LogP contribution >= 0.6 is 11.8 Å². The van der Waals surface area contributed by atoms with Gasteiger partial charge < -0.3 is 25.0 Å². The van der Waals surface area contributed by atoms with E-state index in [0.29, 0.717) is 18.7 Å². The van der Waals surface area contributed by atoms with Crippen molar-refractivity contribution < 1.29 is 29.0 Å². The molecule has 11 heteroatoms. The second-order valence-electron chi connectivity index (χ2n) is 8.22. The van der Waals surface area contributed by atoms with Gasteiger partial charge in [-0.1, -0.05) is 30.3 Å². The Bertz CT molecular complexity index is 976. The van der Waals surface area contributed by atoms with Crippen LogP contribution in [-0.4, -0.2) is 101 Å². The van der Waals surface area contributed by atoms with Crippen LogP contribution in [0.3, 0.4) is 0 Å². The van der Waals surface area contributed by atoms with Crippen LogP contribution in [-0.2, 0) is 25.5 Å². The summed E-state index contributed by atoms with van der Waals surface area (Å²) in [6.07, 6.45) is -0.356. The summed E-state index contributed by atoms with van der Waals surface area (Å²) >= 11 is 1.35. The highest BCUT2D eigenvalue weighted by atomic mass is 32.2. The van der Waals surface area contributed by atoms with Crippen LogP contribution < -0.4 is 5.32 Å². The molecule has 4 rings (SSSR count). The molecule has 0 radical (unpaired) electrons. The first kappa shape index (κ1) is 23.1. The van der Waals surface area contributed by atoms with Crippen molar-refractivity contribution in [1.29, 1.82) is 0 Å². The molecule has 33 heavy (non-hydrogen) atoms. The van der Waals surface area contributed by atoms with Crippen molar-refractivity contribution in [3.63, 3.8) is 0 Å². The van der Waals surface area contributed by atoms with E-state index >= 15 is 0 Å². The van der Waals surface area contributed by atoms with Crippen molar-refractivity contribution in [2.75, 3.05) is 45.6 Å². The molecule has 0 saturated carbocycles. The van der Waals surface area contributed by atoms with Gasteiger partial charge in [0.1, 0.15) is 23.7 Å². The number of carboxylic acids is 1. The van der Waals surface area contributed by atoms with Crippen LogP contribution in [0.25, 0.3) is 0 Å². The number of hydrogen-bond acceptors (Lipinski definition) is 7. The number of carbonyl (C=O) groups excluding carboxylic acids is 3. The summed E-state index contributed by atoms with van der Waals surface area (Å²) in [5.74, 6) is -1.74. The van der Waals surface area contributed by atoms with Crippen LogP contribution in [0.2, 0.25) is 0 Å². The maximum atomic E-state index is 12.7. The van der Waals surface area contributed by atoms with Gasteiger partial charge in [-0.25, -0.2) is 9.59 Å². The fourth-order valence-electron chi connectivity index (χ4n) is 4.03. The molecule has 1 aromatic carbocycles. The Morgan fingerprint density at radius 2 is 1.85 bits per heavy atom. The standard InChI is InChI=1S/C22H26N4O6S/c1-24-7-9-25(10-8-24)22(31)32-12-15-13-33-20-17(19(28)26(20)18(15)21(29)30)23-16(27)11-14-5-3-2-4-6-14/h2-6,17,20H,7-13H2,1H3,(H,23,27)(H,29,30)/t17?,20-/m0/s1. The van der Waals surface area contributed by atoms with E-state index in [2.05, 4.69) is 10.2 Å². The van der Waals surface area contributed by atoms with E-state index in [4.69, 9.17) is 4.74 Å². The second kappa shape index (κ2) is 9.84. The third-order valence-corrected chi connectivity index (χ3v) is 7.24. The molecule has 0 aliphatic carbocycles. The van der Waals surface area contributed by atoms with E-state index in [1.54, 1.807) is 4.90 Å². The molecule has 3 heterocycles. The molecule has 1 unspecified atom stereocenters. The molecule has 2 atom stereocenters.